The van der Waals surface area contributed by atoms with E-state index in [2.05, 4.69) is 81.5 Å². The van der Waals surface area contributed by atoms with Crippen molar-refractivity contribution in [2.45, 2.75) is 309 Å². The minimum absolute atomic E-state index is 0.0777. The lowest BCUT2D eigenvalue weighted by Crippen LogP contribution is -2.30. The van der Waals surface area contributed by atoms with Crippen molar-refractivity contribution >= 4 is 17.9 Å². The van der Waals surface area contributed by atoms with Crippen molar-refractivity contribution in [1.82, 2.24) is 0 Å². The van der Waals surface area contributed by atoms with E-state index in [0.717, 1.165) is 89.9 Å². The number of ether oxygens (including phenoxy) is 3. The summed E-state index contributed by atoms with van der Waals surface area (Å²) in [5.41, 5.74) is 0. The van der Waals surface area contributed by atoms with Crippen LogP contribution in [0.25, 0.3) is 0 Å². The Balaban J connectivity index is 4.38. The Morgan fingerprint density at radius 2 is 0.565 bits per heavy atom. The Morgan fingerprint density at radius 3 is 0.899 bits per heavy atom. The van der Waals surface area contributed by atoms with E-state index in [9.17, 15) is 14.4 Å². The summed E-state index contributed by atoms with van der Waals surface area (Å²) in [5.74, 6) is -0.882. The molecule has 0 saturated carbocycles. The smallest absolute Gasteiger partial charge is 0.306 e. The fourth-order valence-electron chi connectivity index (χ4n) is 8.55. The van der Waals surface area contributed by atoms with Crippen molar-refractivity contribution in [3.05, 3.63) is 60.8 Å². The van der Waals surface area contributed by atoms with Gasteiger partial charge in [0.2, 0.25) is 0 Å². The molecule has 0 N–H and O–H groups in total. The van der Waals surface area contributed by atoms with Crippen molar-refractivity contribution in [3.63, 3.8) is 0 Å². The topological polar surface area (TPSA) is 78.9 Å². The van der Waals surface area contributed by atoms with Crippen LogP contribution in [-0.2, 0) is 28.6 Å². The number of carbonyl (C=O) groups excluding carboxylic acids is 3. The SMILES string of the molecule is CC/C=C\C/C=C\C/C=C\C/C=C\CCCCCCCCC(=O)OCC(COC(=O)CCCCCCCCCCCCCCCC)OC(=O)CCCCCCCCC/C=C\CCCCCCCCC. The summed E-state index contributed by atoms with van der Waals surface area (Å²) in [6.45, 7) is 6.54. The lowest BCUT2D eigenvalue weighted by Gasteiger charge is -2.18. The van der Waals surface area contributed by atoms with Crippen molar-refractivity contribution < 1.29 is 28.6 Å². The largest absolute Gasteiger partial charge is 0.462 e. The Morgan fingerprint density at radius 1 is 0.304 bits per heavy atom. The minimum atomic E-state index is -0.781. The minimum Gasteiger partial charge on any atom is -0.462 e. The second-order valence-corrected chi connectivity index (χ2v) is 19.9. The van der Waals surface area contributed by atoms with Gasteiger partial charge >= 0.3 is 17.9 Å². The van der Waals surface area contributed by atoms with Gasteiger partial charge in [-0.2, -0.15) is 0 Å². The fraction of sp³-hybridized carbons (Fsp3) is 0.794. The van der Waals surface area contributed by atoms with Crippen LogP contribution in [0.2, 0.25) is 0 Å². The number of allylic oxidation sites excluding steroid dienone is 10. The number of hydrogen-bond acceptors (Lipinski definition) is 6. The molecule has 6 heteroatoms. The molecule has 1 unspecified atom stereocenters. The third-order valence-electron chi connectivity index (χ3n) is 13.0. The molecule has 6 nitrogen and oxygen atoms in total. The second-order valence-electron chi connectivity index (χ2n) is 19.9. The highest BCUT2D eigenvalue weighted by Gasteiger charge is 2.19. The highest BCUT2D eigenvalue weighted by molar-refractivity contribution is 5.71. The Hall–Kier alpha value is -2.89. The van der Waals surface area contributed by atoms with Crippen LogP contribution in [-0.4, -0.2) is 37.2 Å². The molecule has 0 bridgehead atoms. The summed E-state index contributed by atoms with van der Waals surface area (Å²) in [6.07, 6.45) is 72.1. The molecule has 0 fully saturated rings. The van der Waals surface area contributed by atoms with Crippen LogP contribution in [0.15, 0.2) is 60.8 Å². The average molecular weight is 966 g/mol. The number of esters is 3. The highest BCUT2D eigenvalue weighted by atomic mass is 16.6. The van der Waals surface area contributed by atoms with Gasteiger partial charge in [-0.1, -0.05) is 261 Å². The van der Waals surface area contributed by atoms with Gasteiger partial charge in [0.1, 0.15) is 13.2 Å². The maximum atomic E-state index is 12.9. The molecule has 0 rings (SSSR count). The van der Waals surface area contributed by atoms with Crippen molar-refractivity contribution in [2.24, 2.45) is 0 Å². The molecule has 1 atom stereocenters. The number of hydrogen-bond donors (Lipinski definition) is 0. The van der Waals surface area contributed by atoms with Crippen LogP contribution in [0, 0.1) is 0 Å². The molecule has 0 saturated heterocycles. The Bertz CT molecular complexity index is 1250. The third kappa shape index (κ3) is 55.9. The summed E-state index contributed by atoms with van der Waals surface area (Å²) >= 11 is 0. The van der Waals surface area contributed by atoms with E-state index in [1.165, 1.54) is 173 Å². The normalized spacial score (nSPS) is 12.4. The average Bonchev–Trinajstić information content (AvgIpc) is 3.35. The zero-order chi connectivity index (χ0) is 50.0. The molecule has 0 aliphatic rings. The molecule has 0 aromatic carbocycles. The predicted molar refractivity (Wildman–Crippen MR) is 298 cm³/mol. The molecule has 0 aliphatic heterocycles. The van der Waals surface area contributed by atoms with E-state index in [1.807, 2.05) is 0 Å². The fourth-order valence-corrected chi connectivity index (χ4v) is 8.55. The van der Waals surface area contributed by atoms with Gasteiger partial charge in [-0.3, -0.25) is 14.4 Å². The van der Waals surface area contributed by atoms with E-state index in [4.69, 9.17) is 14.2 Å². The van der Waals surface area contributed by atoms with Gasteiger partial charge in [-0.25, -0.2) is 0 Å². The molecule has 400 valence electrons. The summed E-state index contributed by atoms with van der Waals surface area (Å²) in [5, 5.41) is 0. The molecule has 0 radical (unpaired) electrons. The van der Waals surface area contributed by atoms with Crippen molar-refractivity contribution in [2.75, 3.05) is 13.2 Å². The van der Waals surface area contributed by atoms with Gasteiger partial charge < -0.3 is 14.2 Å². The molecule has 0 aromatic heterocycles. The first-order chi connectivity index (χ1) is 34.0. The summed E-state index contributed by atoms with van der Waals surface area (Å²) in [7, 11) is 0. The molecule has 0 amide bonds. The highest BCUT2D eigenvalue weighted by Crippen LogP contribution is 2.16. The van der Waals surface area contributed by atoms with Gasteiger partial charge in [0.15, 0.2) is 6.10 Å². The van der Waals surface area contributed by atoms with Gasteiger partial charge in [0.05, 0.1) is 0 Å². The lowest BCUT2D eigenvalue weighted by atomic mass is 10.0. The second kappa shape index (κ2) is 57.7. The van der Waals surface area contributed by atoms with E-state index >= 15 is 0 Å². The summed E-state index contributed by atoms with van der Waals surface area (Å²) in [6, 6.07) is 0. The van der Waals surface area contributed by atoms with Crippen molar-refractivity contribution in [1.29, 1.82) is 0 Å². The molecule has 0 heterocycles. The van der Waals surface area contributed by atoms with E-state index < -0.39 is 6.10 Å². The number of carbonyl (C=O) groups is 3. The zero-order valence-electron chi connectivity index (χ0n) is 45.8. The van der Waals surface area contributed by atoms with Gasteiger partial charge in [-0.15, -0.1) is 0 Å². The van der Waals surface area contributed by atoms with Crippen LogP contribution < -0.4 is 0 Å². The molecule has 0 aromatic rings. The number of unbranched alkanes of at least 4 members (excludes halogenated alkanes) is 33. The van der Waals surface area contributed by atoms with Gasteiger partial charge in [-0.05, 0) is 83.5 Å². The first-order valence-corrected chi connectivity index (χ1v) is 29.8. The standard InChI is InChI=1S/C63H112O6/c1-4-7-10-13-16-19-22-25-28-30-32-34-35-38-41-44-47-50-53-56-62(65)68-59-60(58-67-61(64)55-52-49-46-43-40-37-27-24-21-18-15-12-9-6-3)69-63(66)57-54-51-48-45-42-39-36-33-31-29-26-23-20-17-14-11-8-5-2/h7,10,16,19,25,28-29,31-32,34,60H,4-6,8-9,11-15,17-18,20-24,26-27,30,33,35-59H2,1-3H3/b10-7-,19-16-,28-25-,31-29-,34-32-. The van der Waals surface area contributed by atoms with Crippen LogP contribution >= 0.6 is 0 Å². The lowest BCUT2D eigenvalue weighted by molar-refractivity contribution is -0.167. The molecule has 69 heavy (non-hydrogen) atoms. The summed E-state index contributed by atoms with van der Waals surface area (Å²) in [4.78, 5) is 38.2. The zero-order valence-corrected chi connectivity index (χ0v) is 45.8. The quantitative estimate of drug-likeness (QED) is 0.0262. The molecule has 0 aliphatic carbocycles. The molecular formula is C63H112O6. The van der Waals surface area contributed by atoms with Crippen LogP contribution in [0.5, 0.6) is 0 Å². The first-order valence-electron chi connectivity index (χ1n) is 29.8. The maximum Gasteiger partial charge on any atom is 0.306 e. The van der Waals surface area contributed by atoms with E-state index in [-0.39, 0.29) is 31.1 Å². The first kappa shape index (κ1) is 66.1. The van der Waals surface area contributed by atoms with Crippen LogP contribution in [0.1, 0.15) is 303 Å². The summed E-state index contributed by atoms with van der Waals surface area (Å²) < 4.78 is 16.9. The molecular weight excluding hydrogens is 853 g/mol. The van der Waals surface area contributed by atoms with Crippen molar-refractivity contribution in [3.8, 4) is 0 Å². The van der Waals surface area contributed by atoms with Gasteiger partial charge in [0, 0.05) is 19.3 Å². The van der Waals surface area contributed by atoms with Crippen LogP contribution in [0.4, 0.5) is 0 Å². The van der Waals surface area contributed by atoms with Crippen LogP contribution in [0.3, 0.4) is 0 Å². The maximum absolute atomic E-state index is 12.9. The molecule has 0 spiro atoms. The predicted octanol–water partition coefficient (Wildman–Crippen LogP) is 20.0. The number of rotatable bonds is 54. The monoisotopic (exact) mass is 965 g/mol. The van der Waals surface area contributed by atoms with Gasteiger partial charge in [0.25, 0.3) is 0 Å². The van der Waals surface area contributed by atoms with E-state index in [0.29, 0.717) is 19.3 Å². The Kier molecular flexibility index (Phi) is 55.3. The third-order valence-corrected chi connectivity index (χ3v) is 13.0. The van der Waals surface area contributed by atoms with E-state index in [1.54, 1.807) is 0 Å². The Labute approximate surface area is 428 Å².